The van der Waals surface area contributed by atoms with Gasteiger partial charge in [-0.1, -0.05) is 0 Å². The summed E-state index contributed by atoms with van der Waals surface area (Å²) in [4.78, 5) is 13.9. The van der Waals surface area contributed by atoms with E-state index in [0.717, 1.165) is 30.6 Å². The van der Waals surface area contributed by atoms with Gasteiger partial charge in [0.25, 0.3) is 0 Å². The second kappa shape index (κ2) is 5.48. The van der Waals surface area contributed by atoms with Crippen LogP contribution < -0.4 is 10.6 Å². The molecule has 2 rings (SSSR count). The van der Waals surface area contributed by atoms with Crippen LogP contribution in [0.1, 0.15) is 31.7 Å². The quantitative estimate of drug-likeness (QED) is 0.894. The van der Waals surface area contributed by atoms with Crippen molar-refractivity contribution >= 4 is 11.6 Å². The molecule has 0 aliphatic carbocycles. The third kappa shape index (κ3) is 2.88. The first-order valence-electron chi connectivity index (χ1n) is 6.42. The van der Waals surface area contributed by atoms with Gasteiger partial charge in [0.15, 0.2) is 0 Å². The second-order valence-electron chi connectivity index (χ2n) is 4.94. The van der Waals surface area contributed by atoms with Crippen molar-refractivity contribution in [3.05, 3.63) is 29.6 Å². The molecule has 0 fully saturated rings. The normalized spacial score (nSPS) is 16.3. The Hall–Kier alpha value is -1.42. The van der Waals surface area contributed by atoms with Gasteiger partial charge in [-0.25, -0.2) is 4.39 Å². The Morgan fingerprint density at radius 3 is 3.06 bits per heavy atom. The fourth-order valence-corrected chi connectivity index (χ4v) is 2.31. The molecule has 1 unspecified atom stereocenters. The molecule has 3 nitrogen and oxygen atoms in total. The molecule has 0 bridgehead atoms. The van der Waals surface area contributed by atoms with Crippen LogP contribution in [0.3, 0.4) is 0 Å². The lowest BCUT2D eigenvalue weighted by molar-refractivity contribution is -0.118. The van der Waals surface area contributed by atoms with E-state index in [4.69, 9.17) is 5.73 Å². The van der Waals surface area contributed by atoms with Crippen LogP contribution in [-0.2, 0) is 11.2 Å². The van der Waals surface area contributed by atoms with Gasteiger partial charge in [-0.2, -0.15) is 0 Å². The lowest BCUT2D eigenvalue weighted by Gasteiger charge is -2.29. The van der Waals surface area contributed by atoms with Gasteiger partial charge >= 0.3 is 0 Å². The number of benzene rings is 1. The van der Waals surface area contributed by atoms with Crippen LogP contribution >= 0.6 is 0 Å². The van der Waals surface area contributed by atoms with Crippen molar-refractivity contribution in [1.29, 1.82) is 0 Å². The summed E-state index contributed by atoms with van der Waals surface area (Å²) < 4.78 is 13.2. The Morgan fingerprint density at radius 1 is 1.56 bits per heavy atom. The highest BCUT2D eigenvalue weighted by Crippen LogP contribution is 2.28. The van der Waals surface area contributed by atoms with E-state index in [1.54, 1.807) is 11.0 Å². The number of carbonyl (C=O) groups is 1. The van der Waals surface area contributed by atoms with Crippen LogP contribution in [-0.4, -0.2) is 18.5 Å². The molecule has 1 aromatic carbocycles. The maximum absolute atomic E-state index is 13.2. The van der Waals surface area contributed by atoms with E-state index in [1.807, 2.05) is 6.92 Å². The maximum Gasteiger partial charge on any atom is 0.227 e. The first kappa shape index (κ1) is 13.0. The van der Waals surface area contributed by atoms with Crippen LogP contribution in [0, 0.1) is 5.82 Å². The minimum Gasteiger partial charge on any atom is -0.328 e. The number of halogens is 1. The van der Waals surface area contributed by atoms with Crippen molar-refractivity contribution in [1.82, 2.24) is 0 Å². The molecule has 0 saturated heterocycles. The molecular weight excluding hydrogens is 231 g/mol. The van der Waals surface area contributed by atoms with E-state index in [0.29, 0.717) is 12.8 Å². The second-order valence-corrected chi connectivity index (χ2v) is 4.94. The van der Waals surface area contributed by atoms with Crippen LogP contribution in [0.25, 0.3) is 0 Å². The van der Waals surface area contributed by atoms with Crippen molar-refractivity contribution in [2.75, 3.05) is 11.4 Å². The van der Waals surface area contributed by atoms with Crippen LogP contribution in [0.2, 0.25) is 0 Å². The summed E-state index contributed by atoms with van der Waals surface area (Å²) in [5, 5.41) is 0. The largest absolute Gasteiger partial charge is 0.328 e. The van der Waals surface area contributed by atoms with Gasteiger partial charge in [0.05, 0.1) is 0 Å². The third-order valence-corrected chi connectivity index (χ3v) is 3.27. The van der Waals surface area contributed by atoms with Crippen LogP contribution in [0.5, 0.6) is 0 Å². The summed E-state index contributed by atoms with van der Waals surface area (Å²) >= 11 is 0. The van der Waals surface area contributed by atoms with E-state index in [2.05, 4.69) is 0 Å². The van der Waals surface area contributed by atoms with Crippen LogP contribution in [0.4, 0.5) is 10.1 Å². The first-order chi connectivity index (χ1) is 8.58. The van der Waals surface area contributed by atoms with Crippen molar-refractivity contribution in [2.45, 2.75) is 38.6 Å². The monoisotopic (exact) mass is 250 g/mol. The first-order valence-corrected chi connectivity index (χ1v) is 6.42. The Bertz CT molecular complexity index is 445. The van der Waals surface area contributed by atoms with Gasteiger partial charge < -0.3 is 10.6 Å². The number of nitrogens with two attached hydrogens (primary N) is 1. The smallest absolute Gasteiger partial charge is 0.227 e. The zero-order valence-electron chi connectivity index (χ0n) is 10.7. The average molecular weight is 250 g/mol. The van der Waals surface area contributed by atoms with E-state index in [9.17, 15) is 9.18 Å². The molecule has 1 heterocycles. The van der Waals surface area contributed by atoms with E-state index < -0.39 is 0 Å². The van der Waals surface area contributed by atoms with E-state index >= 15 is 0 Å². The SMILES string of the molecule is CC(N)CCC(=O)N1CCCc2cc(F)ccc21. The lowest BCUT2D eigenvalue weighted by Crippen LogP contribution is -2.36. The summed E-state index contributed by atoms with van der Waals surface area (Å²) in [5.74, 6) is -0.154. The lowest BCUT2D eigenvalue weighted by atomic mass is 10.0. The van der Waals surface area contributed by atoms with Gasteiger partial charge in [-0.15, -0.1) is 0 Å². The molecule has 1 aromatic rings. The van der Waals surface area contributed by atoms with Gasteiger partial charge in [-0.3, -0.25) is 4.79 Å². The highest BCUT2D eigenvalue weighted by Gasteiger charge is 2.22. The Morgan fingerprint density at radius 2 is 2.33 bits per heavy atom. The van der Waals surface area contributed by atoms with Gasteiger partial charge in [-0.05, 0) is 49.9 Å². The van der Waals surface area contributed by atoms with Crippen molar-refractivity contribution in [3.63, 3.8) is 0 Å². The Balaban J connectivity index is 2.14. The van der Waals surface area contributed by atoms with Crippen molar-refractivity contribution in [2.24, 2.45) is 5.73 Å². The van der Waals surface area contributed by atoms with Gasteiger partial charge in [0, 0.05) is 24.7 Å². The Kier molecular flexibility index (Phi) is 3.97. The average Bonchev–Trinajstić information content (AvgIpc) is 2.34. The molecule has 18 heavy (non-hydrogen) atoms. The molecule has 4 heteroatoms. The Labute approximate surface area is 107 Å². The molecule has 1 amide bonds. The summed E-state index contributed by atoms with van der Waals surface area (Å²) in [6.45, 7) is 2.61. The fourth-order valence-electron chi connectivity index (χ4n) is 2.31. The number of carbonyl (C=O) groups excluding carboxylic acids is 1. The van der Waals surface area contributed by atoms with E-state index in [-0.39, 0.29) is 17.8 Å². The zero-order chi connectivity index (χ0) is 13.1. The topological polar surface area (TPSA) is 46.3 Å². The minimum atomic E-state index is -0.237. The summed E-state index contributed by atoms with van der Waals surface area (Å²) in [6.07, 6.45) is 2.87. The summed E-state index contributed by atoms with van der Waals surface area (Å²) in [6, 6.07) is 4.68. The predicted molar refractivity (Wildman–Crippen MR) is 70.0 cm³/mol. The molecule has 1 atom stereocenters. The summed E-state index contributed by atoms with van der Waals surface area (Å²) in [5.41, 5.74) is 7.45. The van der Waals surface area contributed by atoms with Gasteiger partial charge in [0.1, 0.15) is 5.82 Å². The molecule has 0 saturated carbocycles. The highest BCUT2D eigenvalue weighted by molar-refractivity contribution is 5.94. The van der Waals surface area contributed by atoms with Gasteiger partial charge in [0.2, 0.25) is 5.91 Å². The molecule has 0 spiro atoms. The standard InChI is InChI=1S/C14H19FN2O/c1-10(16)4-7-14(18)17-8-2-3-11-9-12(15)5-6-13(11)17/h5-6,9-10H,2-4,7-8,16H2,1H3. The predicted octanol–water partition coefficient (Wildman–Crippen LogP) is 2.23. The number of nitrogens with zero attached hydrogens (tertiary/aromatic N) is 1. The number of aryl methyl sites for hydroxylation is 1. The molecule has 98 valence electrons. The molecule has 0 radical (unpaired) electrons. The summed E-state index contributed by atoms with van der Waals surface area (Å²) in [7, 11) is 0. The van der Waals surface area contributed by atoms with Crippen LogP contribution in [0.15, 0.2) is 18.2 Å². The highest BCUT2D eigenvalue weighted by atomic mass is 19.1. The molecule has 1 aliphatic heterocycles. The number of amides is 1. The molecule has 1 aliphatic rings. The number of rotatable bonds is 3. The molecular formula is C14H19FN2O. The van der Waals surface area contributed by atoms with Crippen molar-refractivity contribution in [3.8, 4) is 0 Å². The number of fused-ring (bicyclic) bond motifs is 1. The van der Waals surface area contributed by atoms with E-state index in [1.165, 1.54) is 12.1 Å². The number of hydrogen-bond acceptors (Lipinski definition) is 2. The minimum absolute atomic E-state index is 0.0337. The molecule has 0 aromatic heterocycles. The molecule has 2 N–H and O–H groups in total. The van der Waals surface area contributed by atoms with Crippen molar-refractivity contribution < 1.29 is 9.18 Å². The maximum atomic E-state index is 13.2. The fraction of sp³-hybridized carbons (Fsp3) is 0.500. The zero-order valence-corrected chi connectivity index (χ0v) is 10.7. The number of hydrogen-bond donors (Lipinski definition) is 1. The third-order valence-electron chi connectivity index (χ3n) is 3.27. The number of anilines is 1.